The van der Waals surface area contributed by atoms with E-state index in [1.807, 2.05) is 72.8 Å². The van der Waals surface area contributed by atoms with E-state index in [4.69, 9.17) is 14.7 Å². The van der Waals surface area contributed by atoms with Gasteiger partial charge in [0.05, 0.1) is 12.5 Å². The number of nitrogens with one attached hydrogen (secondary N) is 1. The van der Waals surface area contributed by atoms with Gasteiger partial charge in [-0.15, -0.1) is 0 Å². The van der Waals surface area contributed by atoms with Crippen molar-refractivity contribution >= 4 is 23.7 Å². The molecular formula is C29H29N3O5. The summed E-state index contributed by atoms with van der Waals surface area (Å²) in [5, 5.41) is 11.6. The number of nitriles is 1. The van der Waals surface area contributed by atoms with Crippen molar-refractivity contribution in [2.75, 3.05) is 11.4 Å². The maximum absolute atomic E-state index is 13.2. The number of alkyl carbamates (subject to hydrolysis) is 1. The summed E-state index contributed by atoms with van der Waals surface area (Å²) in [6.45, 7) is 1.66. The number of ether oxygens (including phenoxy) is 2. The Morgan fingerprint density at radius 1 is 0.892 bits per heavy atom. The van der Waals surface area contributed by atoms with Gasteiger partial charge >= 0.3 is 12.1 Å². The molecule has 190 valence electrons. The summed E-state index contributed by atoms with van der Waals surface area (Å²) in [4.78, 5) is 40.2. The molecule has 2 unspecified atom stereocenters. The molecule has 2 amide bonds. The van der Waals surface area contributed by atoms with Gasteiger partial charge < -0.3 is 19.7 Å². The monoisotopic (exact) mass is 499 g/mol. The zero-order valence-electron chi connectivity index (χ0n) is 20.6. The van der Waals surface area contributed by atoms with E-state index in [9.17, 15) is 14.4 Å². The standard InChI is InChI=1S/C29H29N3O5/c1-22(27(33)32(19-11-18-30)25-16-9-4-10-17-25)37-28(34)26(20-23-12-5-2-6-13-23)31-29(35)36-21-24-14-7-3-8-15-24/h2-10,12-17,22,26H,11,19-21H2,1H3,(H,31,35). The maximum atomic E-state index is 13.2. The highest BCUT2D eigenvalue weighted by molar-refractivity contribution is 5.97. The summed E-state index contributed by atoms with van der Waals surface area (Å²) < 4.78 is 10.8. The fourth-order valence-corrected chi connectivity index (χ4v) is 3.61. The van der Waals surface area contributed by atoms with Crippen LogP contribution in [0.5, 0.6) is 0 Å². The first-order valence-electron chi connectivity index (χ1n) is 11.9. The average molecular weight is 500 g/mol. The van der Waals surface area contributed by atoms with Crippen molar-refractivity contribution in [2.24, 2.45) is 0 Å². The largest absolute Gasteiger partial charge is 0.451 e. The first-order chi connectivity index (χ1) is 18.0. The molecule has 3 rings (SSSR count). The minimum atomic E-state index is -1.15. The Morgan fingerprint density at radius 2 is 1.46 bits per heavy atom. The molecule has 0 saturated heterocycles. The molecule has 0 fully saturated rings. The lowest BCUT2D eigenvalue weighted by Gasteiger charge is -2.26. The number of nitrogens with zero attached hydrogens (tertiary/aromatic N) is 2. The van der Waals surface area contributed by atoms with Crippen molar-refractivity contribution in [3.05, 3.63) is 102 Å². The normalized spacial score (nSPS) is 11.9. The number of rotatable bonds is 11. The molecule has 2 atom stereocenters. The summed E-state index contributed by atoms with van der Waals surface area (Å²) >= 11 is 0. The van der Waals surface area contributed by atoms with Crippen LogP contribution < -0.4 is 10.2 Å². The number of amides is 2. The zero-order valence-corrected chi connectivity index (χ0v) is 20.6. The Bertz CT molecular complexity index is 1200. The second-order valence-corrected chi connectivity index (χ2v) is 8.26. The third-order valence-corrected chi connectivity index (χ3v) is 5.49. The van der Waals surface area contributed by atoms with Gasteiger partial charge in [0.2, 0.25) is 0 Å². The lowest BCUT2D eigenvalue weighted by Crippen LogP contribution is -2.47. The molecule has 0 spiro atoms. The third kappa shape index (κ3) is 8.51. The van der Waals surface area contributed by atoms with Gasteiger partial charge in [-0.25, -0.2) is 9.59 Å². The fraction of sp³-hybridized carbons (Fsp3) is 0.241. The number of anilines is 1. The van der Waals surface area contributed by atoms with Gasteiger partial charge in [0, 0.05) is 18.7 Å². The predicted octanol–water partition coefficient (Wildman–Crippen LogP) is 4.40. The molecule has 37 heavy (non-hydrogen) atoms. The number of esters is 1. The Kier molecular flexibility index (Phi) is 10.2. The molecule has 8 heteroatoms. The van der Waals surface area contributed by atoms with E-state index in [1.54, 1.807) is 24.3 Å². The third-order valence-electron chi connectivity index (χ3n) is 5.49. The quantitative estimate of drug-likeness (QED) is 0.392. The van der Waals surface area contributed by atoms with Crippen molar-refractivity contribution in [3.8, 4) is 6.07 Å². The molecule has 0 aromatic heterocycles. The second kappa shape index (κ2) is 14.0. The molecule has 0 heterocycles. The molecule has 3 aromatic rings. The molecule has 0 radical (unpaired) electrons. The number of benzene rings is 3. The molecule has 0 aliphatic heterocycles. The van der Waals surface area contributed by atoms with Crippen LogP contribution in [0.4, 0.5) is 10.5 Å². The number of para-hydroxylation sites is 1. The van der Waals surface area contributed by atoms with Crippen molar-refractivity contribution in [1.29, 1.82) is 5.26 Å². The van der Waals surface area contributed by atoms with Gasteiger partial charge in [-0.1, -0.05) is 78.9 Å². The SMILES string of the molecule is CC(OC(=O)C(Cc1ccccc1)NC(=O)OCc1ccccc1)C(=O)N(CCC#N)c1ccccc1. The minimum absolute atomic E-state index is 0.0413. The summed E-state index contributed by atoms with van der Waals surface area (Å²) in [6.07, 6.45) is -1.66. The van der Waals surface area contributed by atoms with Crippen LogP contribution in [-0.2, 0) is 32.1 Å². The van der Waals surface area contributed by atoms with Gasteiger partial charge in [-0.3, -0.25) is 4.79 Å². The zero-order chi connectivity index (χ0) is 26.5. The van der Waals surface area contributed by atoms with Crippen LogP contribution in [0.3, 0.4) is 0 Å². The Balaban J connectivity index is 1.69. The van der Waals surface area contributed by atoms with Gasteiger partial charge in [0.15, 0.2) is 6.10 Å². The number of carbonyl (C=O) groups excluding carboxylic acids is 3. The van der Waals surface area contributed by atoms with E-state index < -0.39 is 30.1 Å². The Hall–Kier alpha value is -4.64. The van der Waals surface area contributed by atoms with E-state index >= 15 is 0 Å². The highest BCUT2D eigenvalue weighted by atomic mass is 16.6. The van der Waals surface area contributed by atoms with Crippen LogP contribution >= 0.6 is 0 Å². The Labute approximate surface area is 216 Å². The summed E-state index contributed by atoms with van der Waals surface area (Å²) in [6, 6.07) is 28.1. The fourth-order valence-electron chi connectivity index (χ4n) is 3.61. The van der Waals surface area contributed by atoms with Crippen LogP contribution in [0.1, 0.15) is 24.5 Å². The van der Waals surface area contributed by atoms with Gasteiger partial charge in [0.1, 0.15) is 12.6 Å². The lowest BCUT2D eigenvalue weighted by molar-refractivity contribution is -0.155. The lowest BCUT2D eigenvalue weighted by atomic mass is 10.1. The van der Waals surface area contributed by atoms with Crippen molar-refractivity contribution in [2.45, 2.75) is 38.5 Å². The van der Waals surface area contributed by atoms with Gasteiger partial charge in [-0.2, -0.15) is 5.26 Å². The average Bonchev–Trinajstić information content (AvgIpc) is 2.93. The number of carbonyl (C=O) groups is 3. The van der Waals surface area contributed by atoms with Crippen molar-refractivity contribution in [1.82, 2.24) is 5.32 Å². The molecule has 8 nitrogen and oxygen atoms in total. The van der Waals surface area contributed by atoms with Crippen LogP contribution in [0, 0.1) is 11.3 Å². The highest BCUT2D eigenvalue weighted by Gasteiger charge is 2.30. The molecule has 0 aliphatic carbocycles. The molecule has 0 saturated carbocycles. The van der Waals surface area contributed by atoms with Crippen molar-refractivity contribution < 1.29 is 23.9 Å². The maximum Gasteiger partial charge on any atom is 0.408 e. The Morgan fingerprint density at radius 3 is 2.05 bits per heavy atom. The molecule has 0 aliphatic rings. The first-order valence-corrected chi connectivity index (χ1v) is 11.9. The van der Waals surface area contributed by atoms with Crippen LogP contribution in [-0.4, -0.2) is 36.7 Å². The molecular weight excluding hydrogens is 470 g/mol. The topological polar surface area (TPSA) is 109 Å². The van der Waals surface area contributed by atoms with Gasteiger partial charge in [-0.05, 0) is 30.2 Å². The predicted molar refractivity (Wildman–Crippen MR) is 138 cm³/mol. The molecule has 0 bridgehead atoms. The summed E-state index contributed by atoms with van der Waals surface area (Å²) in [7, 11) is 0. The van der Waals surface area contributed by atoms with Gasteiger partial charge in [0.25, 0.3) is 5.91 Å². The van der Waals surface area contributed by atoms with Crippen LogP contribution in [0.25, 0.3) is 0 Å². The van der Waals surface area contributed by atoms with E-state index in [-0.39, 0.29) is 26.0 Å². The minimum Gasteiger partial charge on any atom is -0.451 e. The number of hydrogen-bond donors (Lipinski definition) is 1. The van der Waals surface area contributed by atoms with Crippen LogP contribution in [0.15, 0.2) is 91.0 Å². The van der Waals surface area contributed by atoms with Crippen molar-refractivity contribution in [3.63, 3.8) is 0 Å². The number of hydrogen-bond acceptors (Lipinski definition) is 6. The molecule has 3 aromatic carbocycles. The van der Waals surface area contributed by atoms with E-state index in [2.05, 4.69) is 5.32 Å². The van der Waals surface area contributed by atoms with E-state index in [0.717, 1.165) is 11.1 Å². The van der Waals surface area contributed by atoms with E-state index in [1.165, 1.54) is 11.8 Å². The first kappa shape index (κ1) is 27.0. The summed E-state index contributed by atoms with van der Waals surface area (Å²) in [5.74, 6) is -1.24. The molecule has 1 N–H and O–H groups in total. The summed E-state index contributed by atoms with van der Waals surface area (Å²) in [5.41, 5.74) is 2.19. The van der Waals surface area contributed by atoms with E-state index in [0.29, 0.717) is 5.69 Å². The highest BCUT2D eigenvalue weighted by Crippen LogP contribution is 2.17. The second-order valence-electron chi connectivity index (χ2n) is 8.26. The smallest absolute Gasteiger partial charge is 0.408 e. The van der Waals surface area contributed by atoms with Crippen LogP contribution in [0.2, 0.25) is 0 Å².